The first-order valence-electron chi connectivity index (χ1n) is 2.33. The number of halogens is 7. The van der Waals surface area contributed by atoms with Crippen molar-refractivity contribution in [3.63, 3.8) is 0 Å². The normalized spacial score (nSPS) is 11.7. The molecule has 0 fully saturated rings. The highest BCUT2D eigenvalue weighted by Gasteiger charge is 2.64. The van der Waals surface area contributed by atoms with E-state index in [9.17, 15) is 30.7 Å². The number of hydrogen-bond donors (Lipinski definition) is 0. The number of rotatable bonds is 1. The third-order valence-electron chi connectivity index (χ3n) is 0.652. The number of carbonyl (C=O) groups excluding carboxylic acids is 2. The molecule has 0 amide bonds. The van der Waals surface area contributed by atoms with Gasteiger partial charge in [0.05, 0.1) is 0 Å². The lowest BCUT2D eigenvalue weighted by Gasteiger charge is -2.17. The number of alkyl halides is 7. The summed E-state index contributed by atoms with van der Waals surface area (Å²) in [5.41, 5.74) is 0. The molecule has 0 N–H and O–H groups in total. The molecule has 0 aromatic carbocycles. The molecule has 0 heterocycles. The molecule has 2 nitrogen and oxygen atoms in total. The predicted molar refractivity (Wildman–Crippen MR) is 22.0 cm³/mol. The Kier molecular flexibility index (Phi) is 5.33. The van der Waals surface area contributed by atoms with Gasteiger partial charge in [0.2, 0.25) is 0 Å². The van der Waals surface area contributed by atoms with Gasteiger partial charge in [-0.1, -0.05) is 0 Å². The van der Waals surface area contributed by atoms with E-state index >= 15 is 0 Å². The maximum atomic E-state index is 11.2. The zero-order valence-electron chi connectivity index (χ0n) is 5.54. The van der Waals surface area contributed by atoms with Crippen LogP contribution in [-0.4, -0.2) is 24.7 Å². The monoisotopic (exact) mass is 214 g/mol. The van der Waals surface area contributed by atoms with Crippen LogP contribution in [0, 0.1) is 0 Å². The molecule has 0 radical (unpaired) electrons. The third kappa shape index (κ3) is 4.46. The predicted octanol–water partition coefficient (Wildman–Crippen LogP) is 1.87. The average Bonchev–Trinajstić information content (AvgIpc) is 1.86. The van der Waals surface area contributed by atoms with Crippen molar-refractivity contribution < 1.29 is 40.3 Å². The van der Waals surface area contributed by atoms with Gasteiger partial charge in [-0.05, 0) is 0 Å². The first-order valence-corrected chi connectivity index (χ1v) is 2.33. The quantitative estimate of drug-likeness (QED) is 0.624. The summed E-state index contributed by atoms with van der Waals surface area (Å²) in [6, 6.07) is 0. The van der Waals surface area contributed by atoms with Gasteiger partial charge in [-0.15, -0.1) is 0 Å². The van der Waals surface area contributed by atoms with Crippen molar-refractivity contribution in [1.82, 2.24) is 0 Å². The molecule has 0 aliphatic rings. The zero-order chi connectivity index (χ0) is 11.3. The van der Waals surface area contributed by atoms with Gasteiger partial charge in [0.25, 0.3) is 0 Å². The fourth-order valence-electron chi connectivity index (χ4n) is 0.124. The van der Waals surface area contributed by atoms with E-state index < -0.39 is 18.5 Å². The van der Waals surface area contributed by atoms with Gasteiger partial charge < -0.3 is 0 Å². The Balaban J connectivity index is 0. The summed E-state index contributed by atoms with van der Waals surface area (Å²) in [6.45, 7) is 0. The fourth-order valence-corrected chi connectivity index (χ4v) is 0.124. The maximum Gasteiger partial charge on any atom is 0.459 e. The Morgan fingerprint density at radius 1 is 0.923 bits per heavy atom. The van der Waals surface area contributed by atoms with Crippen molar-refractivity contribution in [2.45, 2.75) is 18.5 Å². The van der Waals surface area contributed by atoms with Crippen molar-refractivity contribution in [2.24, 2.45) is 0 Å². The van der Waals surface area contributed by atoms with Crippen molar-refractivity contribution in [1.29, 1.82) is 0 Å². The minimum Gasteiger partial charge on any atom is -0.203 e. The molecule has 0 saturated carbocycles. The Hall–Kier alpha value is -1.11. The molecule has 0 spiro atoms. The summed E-state index contributed by atoms with van der Waals surface area (Å²) in [5, 5.41) is 0. The van der Waals surface area contributed by atoms with Crippen LogP contribution in [0.25, 0.3) is 0 Å². The Labute approximate surface area is 66.3 Å². The molecule has 0 aliphatic carbocycles. The molecule has 78 valence electrons. The van der Waals surface area contributed by atoms with E-state index in [1.54, 1.807) is 0 Å². The van der Waals surface area contributed by atoms with Gasteiger partial charge in [0, 0.05) is 0 Å². The molecule has 0 aromatic rings. The highest BCUT2D eigenvalue weighted by molar-refractivity contribution is 5.20. The van der Waals surface area contributed by atoms with Gasteiger partial charge in [0.1, 0.15) is 0 Å². The standard InChI is InChI=1S/C3HF7.CO2/c4-1(5)2(6,7)3(8,9)10;2-1-3/h1H;. The van der Waals surface area contributed by atoms with Crippen molar-refractivity contribution >= 4 is 6.15 Å². The second kappa shape index (κ2) is 4.80. The van der Waals surface area contributed by atoms with E-state index in [0.717, 1.165) is 0 Å². The van der Waals surface area contributed by atoms with Gasteiger partial charge in [0.15, 0.2) is 0 Å². The summed E-state index contributed by atoms with van der Waals surface area (Å²) in [6.07, 6.45) is -10.6. The third-order valence-corrected chi connectivity index (χ3v) is 0.652. The summed E-state index contributed by atoms with van der Waals surface area (Å²) in [5.74, 6) is -5.90. The van der Waals surface area contributed by atoms with Crippen LogP contribution in [0.15, 0.2) is 0 Å². The summed E-state index contributed by atoms with van der Waals surface area (Å²) in [7, 11) is 0. The van der Waals surface area contributed by atoms with E-state index in [1.165, 1.54) is 0 Å². The van der Waals surface area contributed by atoms with Gasteiger partial charge in [-0.3, -0.25) is 0 Å². The van der Waals surface area contributed by atoms with Crippen LogP contribution in [0.1, 0.15) is 0 Å². The van der Waals surface area contributed by atoms with Crippen molar-refractivity contribution in [2.75, 3.05) is 0 Å². The van der Waals surface area contributed by atoms with Crippen molar-refractivity contribution in [3.05, 3.63) is 0 Å². The molecule has 0 unspecified atom stereocenters. The van der Waals surface area contributed by atoms with Crippen LogP contribution in [-0.2, 0) is 9.59 Å². The highest BCUT2D eigenvalue weighted by Crippen LogP contribution is 2.39. The lowest BCUT2D eigenvalue weighted by Crippen LogP contribution is -2.42. The van der Waals surface area contributed by atoms with Crippen LogP contribution in [0.3, 0.4) is 0 Å². The van der Waals surface area contributed by atoms with Gasteiger partial charge in [-0.25, -0.2) is 8.78 Å². The van der Waals surface area contributed by atoms with Crippen LogP contribution < -0.4 is 0 Å². The second-order valence-electron chi connectivity index (χ2n) is 1.50. The highest BCUT2D eigenvalue weighted by atomic mass is 19.4. The maximum absolute atomic E-state index is 11.2. The molecular weight excluding hydrogens is 213 g/mol. The van der Waals surface area contributed by atoms with Crippen LogP contribution >= 0.6 is 0 Å². The first-order chi connectivity index (χ1) is 5.61. The van der Waals surface area contributed by atoms with Gasteiger partial charge in [-0.2, -0.15) is 31.5 Å². The number of hydrogen-bond acceptors (Lipinski definition) is 2. The topological polar surface area (TPSA) is 34.1 Å². The summed E-state index contributed by atoms with van der Waals surface area (Å²) >= 11 is 0. The lowest BCUT2D eigenvalue weighted by molar-refractivity contribution is -0.320. The smallest absolute Gasteiger partial charge is 0.203 e. The van der Waals surface area contributed by atoms with E-state index in [-0.39, 0.29) is 6.15 Å². The largest absolute Gasteiger partial charge is 0.459 e. The Morgan fingerprint density at radius 2 is 1.15 bits per heavy atom. The molecule has 0 aliphatic heterocycles. The molecule has 0 rings (SSSR count). The van der Waals surface area contributed by atoms with Gasteiger partial charge >= 0.3 is 24.7 Å². The van der Waals surface area contributed by atoms with E-state index in [4.69, 9.17) is 9.59 Å². The van der Waals surface area contributed by atoms with E-state index in [1.807, 2.05) is 0 Å². The average molecular weight is 214 g/mol. The van der Waals surface area contributed by atoms with Crippen LogP contribution in [0.5, 0.6) is 0 Å². The summed E-state index contributed by atoms with van der Waals surface area (Å²) in [4.78, 5) is 16.2. The fraction of sp³-hybridized carbons (Fsp3) is 0.750. The van der Waals surface area contributed by atoms with Crippen molar-refractivity contribution in [3.8, 4) is 0 Å². The summed E-state index contributed by atoms with van der Waals surface area (Å²) < 4.78 is 76.6. The molecule has 0 aromatic heterocycles. The van der Waals surface area contributed by atoms with Crippen LogP contribution in [0.2, 0.25) is 0 Å². The van der Waals surface area contributed by atoms with Crippen LogP contribution in [0.4, 0.5) is 30.7 Å². The second-order valence-corrected chi connectivity index (χ2v) is 1.50. The molecular formula is C4HF7O2. The van der Waals surface area contributed by atoms with E-state index in [0.29, 0.717) is 0 Å². The molecule has 13 heavy (non-hydrogen) atoms. The lowest BCUT2D eigenvalue weighted by atomic mass is 10.3. The SMILES string of the molecule is FC(F)C(F)(F)C(F)(F)F.O=C=O. The first kappa shape index (κ1) is 14.4. The molecule has 9 heteroatoms. The van der Waals surface area contributed by atoms with E-state index in [2.05, 4.69) is 0 Å². The minimum absolute atomic E-state index is 0.250. The minimum atomic E-state index is -6.17. The molecule has 0 atom stereocenters. The molecule has 0 bridgehead atoms. The molecule has 0 saturated heterocycles. The Bertz CT molecular complexity index is 177. The Morgan fingerprint density at radius 3 is 1.15 bits per heavy atom. The zero-order valence-corrected chi connectivity index (χ0v) is 5.54.